The Morgan fingerprint density at radius 1 is 1.28 bits per heavy atom. The van der Waals surface area contributed by atoms with Crippen molar-refractivity contribution in [3.63, 3.8) is 0 Å². The minimum atomic E-state index is -0.625. The van der Waals surface area contributed by atoms with Crippen LogP contribution in [0.4, 0.5) is 5.82 Å². The number of halogens is 1. The monoisotopic (exact) mass is 360 g/mol. The number of benzene rings is 1. The molecule has 0 aliphatic heterocycles. The number of aromatic nitrogens is 1. The van der Waals surface area contributed by atoms with E-state index < -0.39 is 5.91 Å². The molecule has 0 saturated carbocycles. The minimum absolute atomic E-state index is 0.00235. The van der Waals surface area contributed by atoms with Crippen LogP contribution in [-0.4, -0.2) is 27.6 Å². The number of nitrogens with zero attached hydrogens (tertiary/aromatic N) is 2. The maximum atomic E-state index is 12.0. The third-order valence-electron chi connectivity index (χ3n) is 3.15. The highest BCUT2D eigenvalue weighted by molar-refractivity contribution is 6.31. The molecule has 7 nitrogen and oxygen atoms in total. The number of phenolic OH excluding ortho intramolecular Hbond substituents is 1. The molecule has 0 aliphatic rings. The largest absolute Gasteiger partial charge is 0.507 e. The average Bonchev–Trinajstić information content (AvgIpc) is 2.54. The van der Waals surface area contributed by atoms with E-state index in [-0.39, 0.29) is 23.6 Å². The lowest BCUT2D eigenvalue weighted by Gasteiger charge is -2.06. The number of hydrogen-bond donors (Lipinski definition) is 3. The van der Waals surface area contributed by atoms with E-state index in [1.807, 2.05) is 13.0 Å². The summed E-state index contributed by atoms with van der Waals surface area (Å²) in [6.07, 6.45) is 1.58. The lowest BCUT2D eigenvalue weighted by Crippen LogP contribution is -2.21. The predicted molar refractivity (Wildman–Crippen MR) is 95.9 cm³/mol. The predicted octanol–water partition coefficient (Wildman–Crippen LogP) is 2.88. The van der Waals surface area contributed by atoms with Gasteiger partial charge in [0.15, 0.2) is 0 Å². The number of rotatable bonds is 5. The summed E-state index contributed by atoms with van der Waals surface area (Å²) in [6, 6.07) is 7.67. The van der Waals surface area contributed by atoms with Crippen molar-refractivity contribution in [2.75, 3.05) is 5.32 Å². The zero-order valence-electron chi connectivity index (χ0n) is 13.7. The average molecular weight is 361 g/mol. The Morgan fingerprint density at radius 3 is 2.76 bits per heavy atom. The standard InChI is InChI=1S/C17H17ClN4O3/c1-10-5-6-19-15(7-10)20-16(24)8-11(2)21-22-17(25)13-9-12(18)3-4-14(13)23/h3-7,9,23H,8H2,1-2H3,(H,22,25)(H,19,20,24)/b21-11-. The molecule has 25 heavy (non-hydrogen) atoms. The normalized spacial score (nSPS) is 11.1. The minimum Gasteiger partial charge on any atom is -0.507 e. The third-order valence-corrected chi connectivity index (χ3v) is 3.39. The number of anilines is 1. The highest BCUT2D eigenvalue weighted by atomic mass is 35.5. The summed E-state index contributed by atoms with van der Waals surface area (Å²) >= 11 is 5.79. The van der Waals surface area contributed by atoms with E-state index in [9.17, 15) is 14.7 Å². The maximum Gasteiger partial charge on any atom is 0.275 e. The number of carbonyl (C=O) groups excluding carboxylic acids is 2. The van der Waals surface area contributed by atoms with Gasteiger partial charge in [0.1, 0.15) is 11.6 Å². The van der Waals surface area contributed by atoms with Gasteiger partial charge in [0, 0.05) is 16.9 Å². The number of aryl methyl sites for hydroxylation is 1. The highest BCUT2D eigenvalue weighted by Gasteiger charge is 2.12. The first-order valence-corrected chi connectivity index (χ1v) is 7.77. The van der Waals surface area contributed by atoms with E-state index in [0.717, 1.165) is 5.56 Å². The summed E-state index contributed by atoms with van der Waals surface area (Å²) in [6.45, 7) is 3.49. The fraction of sp³-hybridized carbons (Fsp3) is 0.176. The molecule has 0 radical (unpaired) electrons. The SMILES string of the molecule is C/C(CC(=O)Nc1cc(C)ccn1)=N/NC(=O)c1cc(Cl)ccc1O. The van der Waals surface area contributed by atoms with E-state index in [2.05, 4.69) is 20.8 Å². The van der Waals surface area contributed by atoms with Crippen molar-refractivity contribution in [3.8, 4) is 5.75 Å². The molecule has 1 heterocycles. The topological polar surface area (TPSA) is 104 Å². The highest BCUT2D eigenvalue weighted by Crippen LogP contribution is 2.21. The fourth-order valence-electron chi connectivity index (χ4n) is 1.96. The van der Waals surface area contributed by atoms with Crippen molar-refractivity contribution >= 4 is 34.9 Å². The second kappa shape index (κ2) is 8.25. The maximum absolute atomic E-state index is 12.0. The molecule has 0 saturated heterocycles. The zero-order chi connectivity index (χ0) is 18.4. The Balaban J connectivity index is 1.93. The van der Waals surface area contributed by atoms with E-state index in [4.69, 9.17) is 11.6 Å². The van der Waals surface area contributed by atoms with Gasteiger partial charge >= 0.3 is 0 Å². The van der Waals surface area contributed by atoms with Crippen LogP contribution in [0, 0.1) is 6.92 Å². The summed E-state index contributed by atoms with van der Waals surface area (Å²) in [4.78, 5) is 28.0. The van der Waals surface area contributed by atoms with Crippen LogP contribution < -0.4 is 10.7 Å². The fourth-order valence-corrected chi connectivity index (χ4v) is 2.13. The molecule has 0 bridgehead atoms. The molecule has 130 valence electrons. The van der Waals surface area contributed by atoms with Gasteiger partial charge < -0.3 is 10.4 Å². The Labute approximate surface area is 149 Å². The quantitative estimate of drug-likeness (QED) is 0.563. The smallest absolute Gasteiger partial charge is 0.275 e. The second-order valence-corrected chi connectivity index (χ2v) is 5.83. The van der Waals surface area contributed by atoms with Gasteiger partial charge in [-0.2, -0.15) is 5.10 Å². The van der Waals surface area contributed by atoms with Crippen LogP contribution in [0.1, 0.15) is 29.3 Å². The van der Waals surface area contributed by atoms with E-state index in [1.54, 1.807) is 19.2 Å². The van der Waals surface area contributed by atoms with E-state index >= 15 is 0 Å². The van der Waals surface area contributed by atoms with Gasteiger partial charge in [0.2, 0.25) is 5.91 Å². The first-order valence-electron chi connectivity index (χ1n) is 7.39. The van der Waals surface area contributed by atoms with Gasteiger partial charge in [0.25, 0.3) is 5.91 Å². The van der Waals surface area contributed by atoms with Crippen LogP contribution in [0.2, 0.25) is 5.02 Å². The molecule has 1 aromatic heterocycles. The lowest BCUT2D eigenvalue weighted by molar-refractivity contribution is -0.115. The summed E-state index contributed by atoms with van der Waals surface area (Å²) in [5.41, 5.74) is 3.64. The van der Waals surface area contributed by atoms with E-state index in [1.165, 1.54) is 18.2 Å². The van der Waals surface area contributed by atoms with Crippen LogP contribution in [0.15, 0.2) is 41.6 Å². The zero-order valence-corrected chi connectivity index (χ0v) is 14.5. The van der Waals surface area contributed by atoms with Gasteiger partial charge in [-0.05, 0) is 49.7 Å². The van der Waals surface area contributed by atoms with Gasteiger partial charge in [-0.3, -0.25) is 9.59 Å². The van der Waals surface area contributed by atoms with Crippen LogP contribution in [0.5, 0.6) is 5.75 Å². The molecule has 3 N–H and O–H groups in total. The molecule has 1 aromatic carbocycles. The Bertz CT molecular complexity index is 836. The molecular weight excluding hydrogens is 344 g/mol. The van der Waals surface area contributed by atoms with E-state index in [0.29, 0.717) is 16.6 Å². The van der Waals surface area contributed by atoms with Gasteiger partial charge in [0.05, 0.1) is 12.0 Å². The van der Waals surface area contributed by atoms with Crippen molar-refractivity contribution in [1.29, 1.82) is 0 Å². The molecule has 2 rings (SSSR count). The third kappa shape index (κ3) is 5.58. The first-order chi connectivity index (χ1) is 11.8. The number of amides is 2. The molecule has 2 aromatic rings. The number of phenols is 1. The number of aromatic hydroxyl groups is 1. The van der Waals surface area contributed by atoms with Crippen LogP contribution in [-0.2, 0) is 4.79 Å². The number of carbonyl (C=O) groups is 2. The lowest BCUT2D eigenvalue weighted by atomic mass is 10.2. The van der Waals surface area contributed by atoms with Crippen molar-refractivity contribution in [2.45, 2.75) is 20.3 Å². The summed E-state index contributed by atoms with van der Waals surface area (Å²) in [7, 11) is 0. The molecule has 0 unspecified atom stereocenters. The number of pyridine rings is 1. The molecule has 0 spiro atoms. The van der Waals surface area contributed by atoms with Gasteiger partial charge in [-0.15, -0.1) is 0 Å². The Morgan fingerprint density at radius 2 is 2.04 bits per heavy atom. The van der Waals surface area contributed by atoms with Crippen molar-refractivity contribution in [2.24, 2.45) is 5.10 Å². The molecular formula is C17H17ClN4O3. The van der Waals surface area contributed by atoms with Gasteiger partial charge in [-0.1, -0.05) is 11.6 Å². The summed E-state index contributed by atoms with van der Waals surface area (Å²) < 4.78 is 0. The van der Waals surface area contributed by atoms with Crippen molar-refractivity contribution in [1.82, 2.24) is 10.4 Å². The van der Waals surface area contributed by atoms with Gasteiger partial charge in [-0.25, -0.2) is 10.4 Å². The molecule has 8 heteroatoms. The Hall–Kier alpha value is -2.93. The number of nitrogens with one attached hydrogen (secondary N) is 2. The van der Waals surface area contributed by atoms with Crippen LogP contribution >= 0.6 is 11.6 Å². The molecule has 0 atom stereocenters. The Kier molecular flexibility index (Phi) is 6.08. The summed E-state index contributed by atoms with van der Waals surface area (Å²) in [5.74, 6) is -0.692. The number of hydrazone groups is 1. The first kappa shape index (κ1) is 18.4. The van der Waals surface area contributed by atoms with Crippen LogP contribution in [0.3, 0.4) is 0 Å². The second-order valence-electron chi connectivity index (χ2n) is 5.39. The van der Waals surface area contributed by atoms with Crippen LogP contribution in [0.25, 0.3) is 0 Å². The molecule has 2 amide bonds. The number of hydrogen-bond acceptors (Lipinski definition) is 5. The van der Waals surface area contributed by atoms with Crippen molar-refractivity contribution in [3.05, 3.63) is 52.7 Å². The summed E-state index contributed by atoms with van der Waals surface area (Å²) in [5, 5.41) is 16.5. The molecule has 0 aliphatic carbocycles. The molecule has 0 fully saturated rings. The van der Waals surface area contributed by atoms with Crippen molar-refractivity contribution < 1.29 is 14.7 Å².